The van der Waals surface area contributed by atoms with Crippen molar-refractivity contribution in [1.82, 2.24) is 5.32 Å². The number of hydrogen-bond acceptors (Lipinski definition) is 3. The normalized spacial score (nSPS) is 12.6. The van der Waals surface area contributed by atoms with Crippen LogP contribution >= 0.6 is 15.9 Å². The van der Waals surface area contributed by atoms with Gasteiger partial charge < -0.3 is 14.5 Å². The summed E-state index contributed by atoms with van der Waals surface area (Å²) < 4.78 is 25.8. The fraction of sp³-hybridized carbons (Fsp3) is 0.375. The minimum absolute atomic E-state index is 0.261. The van der Waals surface area contributed by atoms with Gasteiger partial charge in [-0.25, -0.2) is 4.39 Å². The van der Waals surface area contributed by atoms with Gasteiger partial charge in [0, 0.05) is 17.1 Å². The summed E-state index contributed by atoms with van der Waals surface area (Å²) in [7, 11) is 1.61. The summed E-state index contributed by atoms with van der Waals surface area (Å²) in [4.78, 5) is 0. The van der Waals surface area contributed by atoms with E-state index in [0.29, 0.717) is 17.9 Å². The maximum Gasteiger partial charge on any atom is 0.129 e. The standard InChI is InChI=1S/C16H19BrFNO2/c1-3-8-19-16(13-6-4-11(17)9-14(13)18)15-7-5-12(21-15)10-20-2/h4-7,9,16,19H,3,8,10H2,1-2H3. The van der Waals surface area contributed by atoms with Crippen LogP contribution in [0.1, 0.15) is 36.5 Å². The van der Waals surface area contributed by atoms with Crippen LogP contribution in [0.15, 0.2) is 39.2 Å². The Kier molecular flexibility index (Phi) is 5.96. The van der Waals surface area contributed by atoms with Crippen LogP contribution in [0.5, 0.6) is 0 Å². The number of methoxy groups -OCH3 is 1. The number of halogens is 2. The molecule has 1 atom stereocenters. The molecule has 2 rings (SSSR count). The van der Waals surface area contributed by atoms with E-state index >= 15 is 0 Å². The van der Waals surface area contributed by atoms with Gasteiger partial charge in [-0.15, -0.1) is 0 Å². The molecule has 0 saturated carbocycles. The van der Waals surface area contributed by atoms with E-state index in [1.807, 2.05) is 18.2 Å². The number of furan rings is 1. The van der Waals surface area contributed by atoms with Gasteiger partial charge in [-0.05, 0) is 37.2 Å². The molecule has 0 bridgehead atoms. The second kappa shape index (κ2) is 7.73. The number of nitrogens with one attached hydrogen (secondary N) is 1. The van der Waals surface area contributed by atoms with Crippen molar-refractivity contribution in [2.45, 2.75) is 26.0 Å². The molecule has 21 heavy (non-hydrogen) atoms. The predicted octanol–water partition coefficient (Wildman–Crippen LogP) is 4.42. The average molecular weight is 356 g/mol. The van der Waals surface area contributed by atoms with E-state index in [4.69, 9.17) is 9.15 Å². The summed E-state index contributed by atoms with van der Waals surface area (Å²) in [6.07, 6.45) is 0.959. The Morgan fingerprint density at radius 2 is 2.14 bits per heavy atom. The lowest BCUT2D eigenvalue weighted by molar-refractivity contribution is 0.162. The number of hydrogen-bond donors (Lipinski definition) is 1. The average Bonchev–Trinajstić information content (AvgIpc) is 2.90. The monoisotopic (exact) mass is 355 g/mol. The zero-order valence-electron chi connectivity index (χ0n) is 12.2. The quantitative estimate of drug-likeness (QED) is 0.798. The second-order valence-electron chi connectivity index (χ2n) is 4.79. The zero-order valence-corrected chi connectivity index (χ0v) is 13.7. The van der Waals surface area contributed by atoms with E-state index in [-0.39, 0.29) is 11.9 Å². The first-order valence-corrected chi connectivity index (χ1v) is 7.71. The Bertz CT molecular complexity index is 585. The molecule has 114 valence electrons. The van der Waals surface area contributed by atoms with Crippen molar-refractivity contribution < 1.29 is 13.5 Å². The van der Waals surface area contributed by atoms with Crippen LogP contribution in [0.2, 0.25) is 0 Å². The fourth-order valence-corrected chi connectivity index (χ4v) is 2.49. The van der Waals surface area contributed by atoms with Crippen LogP contribution in [0.4, 0.5) is 4.39 Å². The number of benzene rings is 1. The Labute approximate surface area is 132 Å². The van der Waals surface area contributed by atoms with Gasteiger partial charge in [-0.1, -0.05) is 28.9 Å². The first-order chi connectivity index (χ1) is 10.2. The summed E-state index contributed by atoms with van der Waals surface area (Å²) in [5, 5.41) is 3.33. The third-order valence-electron chi connectivity index (χ3n) is 3.13. The van der Waals surface area contributed by atoms with Crippen molar-refractivity contribution in [2.24, 2.45) is 0 Å². The summed E-state index contributed by atoms with van der Waals surface area (Å²) in [5.41, 5.74) is 0.574. The van der Waals surface area contributed by atoms with E-state index < -0.39 is 0 Å². The molecule has 1 aromatic heterocycles. The van der Waals surface area contributed by atoms with Gasteiger partial charge in [0.2, 0.25) is 0 Å². The maximum absolute atomic E-state index is 14.2. The highest BCUT2D eigenvalue weighted by Gasteiger charge is 2.20. The summed E-state index contributed by atoms with van der Waals surface area (Å²) in [6, 6.07) is 8.49. The highest BCUT2D eigenvalue weighted by Crippen LogP contribution is 2.28. The molecule has 1 N–H and O–H groups in total. The topological polar surface area (TPSA) is 34.4 Å². The van der Waals surface area contributed by atoms with E-state index in [1.165, 1.54) is 6.07 Å². The fourth-order valence-electron chi connectivity index (χ4n) is 2.16. The highest BCUT2D eigenvalue weighted by atomic mass is 79.9. The molecule has 1 unspecified atom stereocenters. The maximum atomic E-state index is 14.2. The minimum Gasteiger partial charge on any atom is -0.462 e. The lowest BCUT2D eigenvalue weighted by Gasteiger charge is -2.17. The molecule has 5 heteroatoms. The van der Waals surface area contributed by atoms with Crippen molar-refractivity contribution in [2.75, 3.05) is 13.7 Å². The molecule has 2 aromatic rings. The zero-order chi connectivity index (χ0) is 15.2. The molecular weight excluding hydrogens is 337 g/mol. The Morgan fingerprint density at radius 1 is 1.33 bits per heavy atom. The van der Waals surface area contributed by atoms with Crippen LogP contribution in [-0.4, -0.2) is 13.7 Å². The van der Waals surface area contributed by atoms with Crippen LogP contribution in [0.3, 0.4) is 0 Å². The van der Waals surface area contributed by atoms with Crippen molar-refractivity contribution >= 4 is 15.9 Å². The van der Waals surface area contributed by atoms with Crippen LogP contribution in [-0.2, 0) is 11.3 Å². The van der Waals surface area contributed by atoms with Crippen molar-refractivity contribution in [3.63, 3.8) is 0 Å². The molecule has 0 amide bonds. The molecule has 1 aromatic carbocycles. The van der Waals surface area contributed by atoms with Gasteiger partial charge in [-0.3, -0.25) is 0 Å². The molecule has 0 aliphatic rings. The smallest absolute Gasteiger partial charge is 0.129 e. The molecule has 0 radical (unpaired) electrons. The summed E-state index contributed by atoms with van der Waals surface area (Å²) in [5.74, 6) is 1.16. The minimum atomic E-state index is -0.302. The predicted molar refractivity (Wildman–Crippen MR) is 83.7 cm³/mol. The molecule has 0 spiro atoms. The molecule has 0 aliphatic heterocycles. The lowest BCUT2D eigenvalue weighted by Crippen LogP contribution is -2.23. The highest BCUT2D eigenvalue weighted by molar-refractivity contribution is 9.10. The summed E-state index contributed by atoms with van der Waals surface area (Å²) >= 11 is 3.28. The third kappa shape index (κ3) is 4.15. The molecular formula is C16H19BrFNO2. The van der Waals surface area contributed by atoms with Gasteiger partial charge in [-0.2, -0.15) is 0 Å². The van der Waals surface area contributed by atoms with Gasteiger partial charge in [0.15, 0.2) is 0 Å². The van der Waals surface area contributed by atoms with Crippen molar-refractivity contribution in [1.29, 1.82) is 0 Å². The van der Waals surface area contributed by atoms with Gasteiger partial charge >= 0.3 is 0 Å². The largest absolute Gasteiger partial charge is 0.462 e. The Morgan fingerprint density at radius 3 is 2.81 bits per heavy atom. The number of ether oxygens (including phenoxy) is 1. The Hall–Kier alpha value is -1.17. The molecule has 0 aliphatic carbocycles. The van der Waals surface area contributed by atoms with Gasteiger partial charge in [0.1, 0.15) is 23.9 Å². The van der Waals surface area contributed by atoms with Crippen LogP contribution in [0.25, 0.3) is 0 Å². The van der Waals surface area contributed by atoms with Crippen LogP contribution in [0, 0.1) is 5.82 Å². The first-order valence-electron chi connectivity index (χ1n) is 6.91. The summed E-state index contributed by atoms with van der Waals surface area (Å²) in [6.45, 7) is 3.25. The van der Waals surface area contributed by atoms with Crippen LogP contribution < -0.4 is 5.32 Å². The lowest BCUT2D eigenvalue weighted by atomic mass is 10.0. The van der Waals surface area contributed by atoms with E-state index in [9.17, 15) is 4.39 Å². The first kappa shape index (κ1) is 16.2. The van der Waals surface area contributed by atoms with Crippen molar-refractivity contribution in [3.8, 4) is 0 Å². The molecule has 1 heterocycles. The van der Waals surface area contributed by atoms with E-state index in [1.54, 1.807) is 13.2 Å². The molecule has 0 saturated heterocycles. The van der Waals surface area contributed by atoms with E-state index in [0.717, 1.165) is 23.2 Å². The van der Waals surface area contributed by atoms with Gasteiger partial charge in [0.25, 0.3) is 0 Å². The van der Waals surface area contributed by atoms with Gasteiger partial charge in [0.05, 0.1) is 6.04 Å². The van der Waals surface area contributed by atoms with Crippen molar-refractivity contribution in [3.05, 3.63) is 57.7 Å². The molecule has 3 nitrogen and oxygen atoms in total. The third-order valence-corrected chi connectivity index (χ3v) is 3.62. The SMILES string of the molecule is CCCNC(c1ccc(COC)o1)c1ccc(Br)cc1F. The second-order valence-corrected chi connectivity index (χ2v) is 5.71. The molecule has 0 fully saturated rings. The Balaban J connectivity index is 2.32. The number of rotatable bonds is 7. The van der Waals surface area contributed by atoms with E-state index in [2.05, 4.69) is 28.2 Å².